The van der Waals surface area contributed by atoms with Gasteiger partial charge in [-0.15, -0.1) is 11.3 Å². The Kier molecular flexibility index (Phi) is 5.54. The fourth-order valence-corrected chi connectivity index (χ4v) is 4.06. The highest BCUT2D eigenvalue weighted by Crippen LogP contribution is 2.43. The zero-order chi connectivity index (χ0) is 17.0. The molecule has 1 aromatic rings. The molecule has 1 amide bonds. The van der Waals surface area contributed by atoms with Gasteiger partial charge in [0.05, 0.1) is 18.1 Å². The van der Waals surface area contributed by atoms with E-state index >= 15 is 0 Å². The van der Waals surface area contributed by atoms with Gasteiger partial charge in [-0.25, -0.2) is 4.79 Å². The first-order valence-electron chi connectivity index (χ1n) is 7.46. The molecular weight excluding hydrogens is 318 g/mol. The summed E-state index contributed by atoms with van der Waals surface area (Å²) >= 11 is 1.35. The van der Waals surface area contributed by atoms with Crippen molar-refractivity contribution in [1.29, 1.82) is 0 Å². The lowest BCUT2D eigenvalue weighted by atomic mass is 9.86. The summed E-state index contributed by atoms with van der Waals surface area (Å²) in [5.41, 5.74) is 1.34. The minimum Gasteiger partial charge on any atom is -0.545 e. The van der Waals surface area contributed by atoms with Crippen LogP contribution >= 0.6 is 11.3 Å². The highest BCUT2D eigenvalue weighted by Gasteiger charge is 2.30. The second-order valence-corrected chi connectivity index (χ2v) is 6.40. The Hall–Kier alpha value is -2.15. The lowest BCUT2D eigenvalue weighted by molar-refractivity contribution is -0.297. The molecule has 6 nitrogen and oxygen atoms in total. The molecule has 2 rings (SSSR count). The molecule has 124 valence electrons. The summed E-state index contributed by atoms with van der Waals surface area (Å²) in [5, 5.41) is 13.4. The number of carbonyl (C=O) groups excluding carboxylic acids is 3. The van der Waals surface area contributed by atoms with Crippen molar-refractivity contribution in [3.05, 3.63) is 28.2 Å². The van der Waals surface area contributed by atoms with Crippen molar-refractivity contribution in [2.45, 2.75) is 39.0 Å². The van der Waals surface area contributed by atoms with E-state index in [1.165, 1.54) is 11.3 Å². The van der Waals surface area contributed by atoms with Gasteiger partial charge in [-0.3, -0.25) is 4.79 Å². The van der Waals surface area contributed by atoms with E-state index in [-0.39, 0.29) is 12.5 Å². The summed E-state index contributed by atoms with van der Waals surface area (Å²) in [6.07, 6.45) is 4.40. The van der Waals surface area contributed by atoms with Crippen LogP contribution in [0.3, 0.4) is 0 Å². The van der Waals surface area contributed by atoms with Gasteiger partial charge >= 0.3 is 5.97 Å². The fraction of sp³-hybridized carbons (Fsp3) is 0.438. The molecule has 0 radical (unpaired) electrons. The van der Waals surface area contributed by atoms with E-state index in [0.29, 0.717) is 16.6 Å². The number of fused-ring (bicyclic) bond motifs is 1. The molecule has 1 aromatic heterocycles. The smallest absolute Gasteiger partial charge is 0.341 e. The van der Waals surface area contributed by atoms with Crippen molar-refractivity contribution < 1.29 is 24.2 Å². The van der Waals surface area contributed by atoms with Gasteiger partial charge in [0, 0.05) is 11.0 Å². The maximum Gasteiger partial charge on any atom is 0.341 e. The van der Waals surface area contributed by atoms with E-state index in [9.17, 15) is 19.5 Å². The average molecular weight is 336 g/mol. The van der Waals surface area contributed by atoms with Crippen molar-refractivity contribution in [1.82, 2.24) is 0 Å². The highest BCUT2D eigenvalue weighted by molar-refractivity contribution is 7.17. The molecular formula is C16H18NO5S-. The first-order valence-corrected chi connectivity index (χ1v) is 8.28. The SMILES string of the molecule is CCOC(=O)c1c(NC(=O)/C=C/C(=O)[O-])sc2c1[C@@H](C)CCC2. The van der Waals surface area contributed by atoms with Crippen LogP contribution in [0.25, 0.3) is 0 Å². The van der Waals surface area contributed by atoms with Crippen molar-refractivity contribution in [3.8, 4) is 0 Å². The second kappa shape index (κ2) is 7.41. The molecule has 1 heterocycles. The monoisotopic (exact) mass is 336 g/mol. The van der Waals surface area contributed by atoms with E-state index < -0.39 is 17.8 Å². The van der Waals surface area contributed by atoms with Crippen molar-refractivity contribution in [2.75, 3.05) is 11.9 Å². The van der Waals surface area contributed by atoms with Gasteiger partial charge in [0.25, 0.3) is 0 Å². The summed E-state index contributed by atoms with van der Waals surface area (Å²) in [7, 11) is 0. The summed E-state index contributed by atoms with van der Waals surface area (Å²) in [6.45, 7) is 4.02. The Balaban J connectivity index is 2.36. The number of carboxylic acids is 1. The van der Waals surface area contributed by atoms with E-state index in [2.05, 4.69) is 12.2 Å². The Bertz CT molecular complexity index is 662. The molecule has 1 N–H and O–H groups in total. The minimum absolute atomic E-state index is 0.221. The molecule has 0 aliphatic heterocycles. The number of carboxylic acid groups (broad SMARTS) is 1. The largest absolute Gasteiger partial charge is 0.545 e. The second-order valence-electron chi connectivity index (χ2n) is 5.30. The average Bonchev–Trinajstić information content (AvgIpc) is 2.84. The van der Waals surface area contributed by atoms with Crippen LogP contribution in [0, 0.1) is 0 Å². The van der Waals surface area contributed by atoms with Gasteiger partial charge in [-0.2, -0.15) is 0 Å². The van der Waals surface area contributed by atoms with Gasteiger partial charge in [-0.1, -0.05) is 6.92 Å². The molecule has 1 aliphatic carbocycles. The van der Waals surface area contributed by atoms with Crippen LogP contribution in [0.2, 0.25) is 0 Å². The summed E-state index contributed by atoms with van der Waals surface area (Å²) in [5.74, 6) is -2.31. The quantitative estimate of drug-likeness (QED) is 0.651. The number of hydrogen-bond acceptors (Lipinski definition) is 6. The number of aryl methyl sites for hydroxylation is 1. The fourth-order valence-electron chi connectivity index (χ4n) is 2.70. The van der Waals surface area contributed by atoms with E-state index in [4.69, 9.17) is 4.74 Å². The number of hydrogen-bond donors (Lipinski definition) is 1. The molecule has 0 fully saturated rings. The standard InChI is InChI=1S/C16H19NO5S/c1-3-22-16(21)14-13-9(2)5-4-6-10(13)23-15(14)17-11(18)7-8-12(19)20/h7-9H,3-6H2,1-2H3,(H,17,18)(H,19,20)/p-1/b8-7+/t9-/m0/s1. The van der Waals surface area contributed by atoms with Gasteiger partial charge in [-0.05, 0) is 43.7 Å². The molecule has 23 heavy (non-hydrogen) atoms. The Morgan fingerprint density at radius 3 is 2.78 bits per heavy atom. The third-order valence-electron chi connectivity index (χ3n) is 3.64. The topological polar surface area (TPSA) is 95.5 Å². The molecule has 7 heteroatoms. The van der Waals surface area contributed by atoms with Gasteiger partial charge in [0.1, 0.15) is 5.00 Å². The number of carbonyl (C=O) groups is 3. The highest BCUT2D eigenvalue weighted by atomic mass is 32.1. The third-order valence-corrected chi connectivity index (χ3v) is 4.82. The van der Waals surface area contributed by atoms with Crippen molar-refractivity contribution in [2.24, 2.45) is 0 Å². The maximum absolute atomic E-state index is 12.3. The van der Waals surface area contributed by atoms with Gasteiger partial charge in [0.15, 0.2) is 0 Å². The van der Waals surface area contributed by atoms with E-state index in [1.54, 1.807) is 6.92 Å². The number of ether oxygens (including phenoxy) is 1. The summed E-state index contributed by atoms with van der Waals surface area (Å²) in [6, 6.07) is 0. The molecule has 0 unspecified atom stereocenters. The predicted octanol–water partition coefficient (Wildman–Crippen LogP) is 1.61. The molecule has 0 saturated carbocycles. The number of aliphatic carboxylic acids is 1. The zero-order valence-corrected chi connectivity index (χ0v) is 13.8. The lowest BCUT2D eigenvalue weighted by Crippen LogP contribution is -2.20. The van der Waals surface area contributed by atoms with Gasteiger partial charge in [0.2, 0.25) is 5.91 Å². The lowest BCUT2D eigenvalue weighted by Gasteiger charge is -2.19. The molecule has 1 aliphatic rings. The molecule has 0 saturated heterocycles. The van der Waals surface area contributed by atoms with Crippen LogP contribution in [0.4, 0.5) is 5.00 Å². The molecule has 0 aromatic carbocycles. The van der Waals surface area contributed by atoms with Crippen LogP contribution in [0.15, 0.2) is 12.2 Å². The maximum atomic E-state index is 12.3. The zero-order valence-electron chi connectivity index (χ0n) is 13.0. The first kappa shape index (κ1) is 17.2. The number of nitrogens with one attached hydrogen (secondary N) is 1. The molecule has 1 atom stereocenters. The molecule has 0 spiro atoms. The van der Waals surface area contributed by atoms with Crippen LogP contribution < -0.4 is 10.4 Å². The molecule has 0 bridgehead atoms. The van der Waals surface area contributed by atoms with Crippen LogP contribution in [0.5, 0.6) is 0 Å². The number of rotatable bonds is 5. The minimum atomic E-state index is -1.45. The van der Waals surface area contributed by atoms with Gasteiger partial charge < -0.3 is 20.0 Å². The number of thiophene rings is 1. The van der Waals surface area contributed by atoms with E-state index in [0.717, 1.165) is 35.8 Å². The first-order chi connectivity index (χ1) is 10.9. The van der Waals surface area contributed by atoms with Crippen LogP contribution in [0.1, 0.15) is 53.4 Å². The summed E-state index contributed by atoms with van der Waals surface area (Å²) in [4.78, 5) is 35.6. The summed E-state index contributed by atoms with van der Waals surface area (Å²) < 4.78 is 5.12. The van der Waals surface area contributed by atoms with Crippen molar-refractivity contribution in [3.63, 3.8) is 0 Å². The van der Waals surface area contributed by atoms with Crippen molar-refractivity contribution >= 4 is 34.2 Å². The Morgan fingerprint density at radius 2 is 2.13 bits per heavy atom. The number of amides is 1. The third kappa shape index (κ3) is 3.98. The number of esters is 1. The van der Waals surface area contributed by atoms with Crippen LogP contribution in [-0.2, 0) is 20.7 Å². The number of anilines is 1. The Morgan fingerprint density at radius 1 is 1.39 bits per heavy atom. The van der Waals surface area contributed by atoms with Crippen LogP contribution in [-0.4, -0.2) is 24.5 Å². The van der Waals surface area contributed by atoms with E-state index in [1.807, 2.05) is 0 Å². The normalized spacial score (nSPS) is 16.9. The predicted molar refractivity (Wildman–Crippen MR) is 84.4 cm³/mol. The Labute approximate surface area is 138 Å².